The molecule has 0 saturated carbocycles. The number of nitrogens with one attached hydrogen (secondary N) is 1. The maximum absolute atomic E-state index is 12.2. The van der Waals surface area contributed by atoms with Crippen LogP contribution < -0.4 is 5.32 Å². The number of hydrogen-bond donors (Lipinski definition) is 1. The Hall–Kier alpha value is -1.87. The number of rotatable bonds is 3. The van der Waals surface area contributed by atoms with E-state index >= 15 is 0 Å². The van der Waals surface area contributed by atoms with Crippen LogP contribution in [0.1, 0.15) is 28.7 Å². The molecule has 1 heterocycles. The lowest BCUT2D eigenvalue weighted by molar-refractivity contribution is 0.102. The Morgan fingerprint density at radius 1 is 1.32 bits per heavy atom. The highest BCUT2D eigenvalue weighted by molar-refractivity contribution is 6.30. The zero-order valence-electron chi connectivity index (χ0n) is 10.9. The fraction of sp³-hybridized carbons (Fsp3) is 0.200. The Balaban J connectivity index is 2.20. The van der Waals surface area contributed by atoms with Crippen LogP contribution in [0.5, 0.6) is 0 Å². The van der Waals surface area contributed by atoms with Crippen molar-refractivity contribution in [2.45, 2.75) is 20.3 Å². The molecule has 0 bridgehead atoms. The van der Waals surface area contributed by atoms with Crippen LogP contribution in [-0.2, 0) is 6.42 Å². The summed E-state index contributed by atoms with van der Waals surface area (Å²) >= 11 is 5.88. The Morgan fingerprint density at radius 3 is 2.74 bits per heavy atom. The molecule has 0 aliphatic rings. The second kappa shape index (κ2) is 5.85. The van der Waals surface area contributed by atoms with Gasteiger partial charge < -0.3 is 5.32 Å². The minimum atomic E-state index is -0.171. The van der Waals surface area contributed by atoms with Crippen molar-refractivity contribution in [3.8, 4) is 0 Å². The average Bonchev–Trinajstić information content (AvgIpc) is 2.38. The molecular formula is C15H15ClN2O. The van der Waals surface area contributed by atoms with Gasteiger partial charge in [-0.05, 0) is 43.7 Å². The van der Waals surface area contributed by atoms with Crippen LogP contribution in [0.25, 0.3) is 0 Å². The molecule has 3 nitrogen and oxygen atoms in total. The van der Waals surface area contributed by atoms with Gasteiger partial charge in [0, 0.05) is 16.4 Å². The third kappa shape index (κ3) is 3.32. The third-order valence-corrected chi connectivity index (χ3v) is 3.07. The number of anilines is 1. The maximum Gasteiger partial charge on any atom is 0.257 e. The minimum absolute atomic E-state index is 0.171. The van der Waals surface area contributed by atoms with E-state index in [0.29, 0.717) is 16.3 Å². The van der Waals surface area contributed by atoms with Crippen molar-refractivity contribution < 1.29 is 4.79 Å². The van der Waals surface area contributed by atoms with Gasteiger partial charge in [-0.15, -0.1) is 0 Å². The molecule has 1 aromatic heterocycles. The van der Waals surface area contributed by atoms with Crippen LogP contribution in [0.3, 0.4) is 0 Å². The van der Waals surface area contributed by atoms with Crippen molar-refractivity contribution in [1.82, 2.24) is 4.98 Å². The quantitative estimate of drug-likeness (QED) is 0.923. The van der Waals surface area contributed by atoms with E-state index in [-0.39, 0.29) is 5.91 Å². The van der Waals surface area contributed by atoms with Gasteiger partial charge in [-0.3, -0.25) is 9.78 Å². The number of benzene rings is 1. The SMILES string of the molecule is CCc1ccc(C(=O)Nc2cccc(Cl)c2)c(C)n1. The van der Waals surface area contributed by atoms with Crippen molar-refractivity contribution in [2.75, 3.05) is 5.32 Å². The molecule has 1 N–H and O–H groups in total. The van der Waals surface area contributed by atoms with Crippen molar-refractivity contribution in [3.63, 3.8) is 0 Å². The van der Waals surface area contributed by atoms with Gasteiger partial charge in [-0.25, -0.2) is 0 Å². The van der Waals surface area contributed by atoms with Gasteiger partial charge in [-0.1, -0.05) is 24.6 Å². The summed E-state index contributed by atoms with van der Waals surface area (Å²) < 4.78 is 0. The van der Waals surface area contributed by atoms with E-state index in [0.717, 1.165) is 17.8 Å². The molecule has 1 amide bonds. The fourth-order valence-corrected chi connectivity index (χ4v) is 2.00. The second-order valence-electron chi connectivity index (χ2n) is 4.25. The van der Waals surface area contributed by atoms with Crippen LogP contribution in [0.4, 0.5) is 5.69 Å². The molecule has 0 aliphatic carbocycles. The zero-order chi connectivity index (χ0) is 13.8. The highest BCUT2D eigenvalue weighted by Crippen LogP contribution is 2.16. The Labute approximate surface area is 117 Å². The molecule has 0 fully saturated rings. The van der Waals surface area contributed by atoms with Gasteiger partial charge in [0.05, 0.1) is 11.3 Å². The summed E-state index contributed by atoms with van der Waals surface area (Å²) in [6.45, 7) is 3.87. The highest BCUT2D eigenvalue weighted by Gasteiger charge is 2.10. The van der Waals surface area contributed by atoms with Crippen LogP contribution in [-0.4, -0.2) is 10.9 Å². The van der Waals surface area contributed by atoms with E-state index in [9.17, 15) is 4.79 Å². The summed E-state index contributed by atoms with van der Waals surface area (Å²) in [6, 6.07) is 10.7. The Kier molecular flexibility index (Phi) is 4.17. The molecule has 0 aliphatic heterocycles. The summed E-state index contributed by atoms with van der Waals surface area (Å²) in [5.74, 6) is -0.171. The van der Waals surface area contributed by atoms with Crippen molar-refractivity contribution in [2.24, 2.45) is 0 Å². The van der Waals surface area contributed by atoms with Crippen LogP contribution in [0.2, 0.25) is 5.02 Å². The summed E-state index contributed by atoms with van der Waals surface area (Å²) in [6.07, 6.45) is 0.858. The Bertz CT molecular complexity index is 611. The number of nitrogens with zero attached hydrogens (tertiary/aromatic N) is 1. The topological polar surface area (TPSA) is 42.0 Å². The van der Waals surface area contributed by atoms with Gasteiger partial charge in [0.25, 0.3) is 5.91 Å². The van der Waals surface area contributed by atoms with E-state index < -0.39 is 0 Å². The van der Waals surface area contributed by atoms with Crippen LogP contribution >= 0.6 is 11.6 Å². The van der Waals surface area contributed by atoms with Crippen LogP contribution in [0.15, 0.2) is 36.4 Å². The number of carbonyl (C=O) groups is 1. The normalized spacial score (nSPS) is 10.3. The van der Waals surface area contributed by atoms with Crippen molar-refractivity contribution in [3.05, 3.63) is 58.4 Å². The smallest absolute Gasteiger partial charge is 0.257 e. The number of aryl methyl sites for hydroxylation is 2. The van der Waals surface area contributed by atoms with E-state index in [2.05, 4.69) is 10.3 Å². The number of halogens is 1. The van der Waals surface area contributed by atoms with Gasteiger partial charge in [0.2, 0.25) is 0 Å². The first-order valence-corrected chi connectivity index (χ1v) is 6.51. The minimum Gasteiger partial charge on any atom is -0.322 e. The lowest BCUT2D eigenvalue weighted by Gasteiger charge is -2.08. The predicted octanol–water partition coefficient (Wildman–Crippen LogP) is 3.86. The van der Waals surface area contributed by atoms with Gasteiger partial charge >= 0.3 is 0 Å². The number of amides is 1. The summed E-state index contributed by atoms with van der Waals surface area (Å²) in [7, 11) is 0. The van der Waals surface area contributed by atoms with Crippen LogP contribution in [0, 0.1) is 6.92 Å². The van der Waals surface area contributed by atoms with Crippen molar-refractivity contribution in [1.29, 1.82) is 0 Å². The average molecular weight is 275 g/mol. The van der Waals surface area contributed by atoms with Gasteiger partial charge in [-0.2, -0.15) is 0 Å². The third-order valence-electron chi connectivity index (χ3n) is 2.83. The van der Waals surface area contributed by atoms with Gasteiger partial charge in [0.1, 0.15) is 0 Å². The summed E-state index contributed by atoms with van der Waals surface area (Å²) in [5, 5.41) is 3.41. The first-order chi connectivity index (χ1) is 9.10. The van der Waals surface area contributed by atoms with E-state index in [1.54, 1.807) is 30.3 Å². The molecule has 19 heavy (non-hydrogen) atoms. The first-order valence-electron chi connectivity index (χ1n) is 6.13. The number of hydrogen-bond acceptors (Lipinski definition) is 2. The molecule has 0 unspecified atom stereocenters. The van der Waals surface area contributed by atoms with E-state index in [1.165, 1.54) is 0 Å². The zero-order valence-corrected chi connectivity index (χ0v) is 11.7. The second-order valence-corrected chi connectivity index (χ2v) is 4.69. The number of aromatic nitrogens is 1. The molecule has 1 aromatic carbocycles. The fourth-order valence-electron chi connectivity index (χ4n) is 1.81. The van der Waals surface area contributed by atoms with Gasteiger partial charge in [0.15, 0.2) is 0 Å². The molecule has 4 heteroatoms. The maximum atomic E-state index is 12.2. The van der Waals surface area contributed by atoms with E-state index in [4.69, 9.17) is 11.6 Å². The molecule has 0 spiro atoms. The summed E-state index contributed by atoms with van der Waals surface area (Å²) in [4.78, 5) is 16.5. The molecule has 0 saturated heterocycles. The first kappa shape index (κ1) is 13.6. The van der Waals surface area contributed by atoms with E-state index in [1.807, 2.05) is 19.9 Å². The lowest BCUT2D eigenvalue weighted by atomic mass is 10.1. The monoisotopic (exact) mass is 274 g/mol. The molecular weight excluding hydrogens is 260 g/mol. The largest absolute Gasteiger partial charge is 0.322 e. The number of carbonyl (C=O) groups excluding carboxylic acids is 1. The highest BCUT2D eigenvalue weighted by atomic mass is 35.5. The molecule has 0 radical (unpaired) electrons. The molecule has 2 aromatic rings. The molecule has 0 atom stereocenters. The lowest BCUT2D eigenvalue weighted by Crippen LogP contribution is -2.14. The summed E-state index contributed by atoms with van der Waals surface area (Å²) in [5.41, 5.74) is 2.98. The predicted molar refractivity (Wildman–Crippen MR) is 77.8 cm³/mol. The Morgan fingerprint density at radius 2 is 2.11 bits per heavy atom. The number of pyridine rings is 1. The standard InChI is InChI=1S/C15H15ClN2O/c1-3-12-7-8-14(10(2)17-12)15(19)18-13-6-4-5-11(16)9-13/h4-9H,3H2,1-2H3,(H,18,19). The molecule has 2 rings (SSSR count). The molecule has 98 valence electrons. The van der Waals surface area contributed by atoms with Crippen molar-refractivity contribution >= 4 is 23.2 Å².